The van der Waals surface area contributed by atoms with Crippen LogP contribution in [0.2, 0.25) is 0 Å². The summed E-state index contributed by atoms with van der Waals surface area (Å²) in [6.07, 6.45) is 2.65. The lowest BCUT2D eigenvalue weighted by Crippen LogP contribution is -2.06. The monoisotopic (exact) mass is 401 g/mol. The average Bonchev–Trinajstić information content (AvgIpc) is 2.81. The summed E-state index contributed by atoms with van der Waals surface area (Å²) in [5.41, 5.74) is 3.12. The normalized spacial score (nSPS) is 10.8. The van der Waals surface area contributed by atoms with Gasteiger partial charge >= 0.3 is 0 Å². The summed E-state index contributed by atoms with van der Waals surface area (Å²) in [5.74, 6) is 0.767. The lowest BCUT2D eigenvalue weighted by atomic mass is 10.3. The SMILES string of the molecule is CCc1nn(CC)c(COc2ccc(CBr)nc2)c1Br. The van der Waals surface area contributed by atoms with Crippen molar-refractivity contribution < 1.29 is 4.74 Å². The number of alkyl halides is 1. The number of ether oxygens (including phenoxy) is 1. The van der Waals surface area contributed by atoms with Gasteiger partial charge in [0, 0.05) is 11.9 Å². The summed E-state index contributed by atoms with van der Waals surface area (Å²) in [6, 6.07) is 3.89. The standard InChI is InChI=1S/C14H17Br2N3O/c1-3-12-14(16)13(19(4-2)18-12)9-20-11-6-5-10(7-15)17-8-11/h5-6,8H,3-4,7,9H2,1-2H3. The molecule has 108 valence electrons. The summed E-state index contributed by atoms with van der Waals surface area (Å²) in [7, 11) is 0. The second kappa shape index (κ2) is 7.22. The smallest absolute Gasteiger partial charge is 0.138 e. The van der Waals surface area contributed by atoms with Crippen LogP contribution in [-0.2, 0) is 24.9 Å². The van der Waals surface area contributed by atoms with E-state index in [0.29, 0.717) is 6.61 Å². The fraction of sp³-hybridized carbons (Fsp3) is 0.429. The molecule has 6 heteroatoms. The quantitative estimate of drug-likeness (QED) is 0.683. The molecule has 20 heavy (non-hydrogen) atoms. The van der Waals surface area contributed by atoms with E-state index < -0.39 is 0 Å². The van der Waals surface area contributed by atoms with Crippen molar-refractivity contribution in [2.45, 2.75) is 38.8 Å². The first-order chi connectivity index (χ1) is 9.69. The molecule has 2 rings (SSSR count). The molecule has 2 aromatic rings. The molecule has 0 amide bonds. The maximum atomic E-state index is 5.80. The van der Waals surface area contributed by atoms with Gasteiger partial charge in [-0.15, -0.1) is 0 Å². The highest BCUT2D eigenvalue weighted by Gasteiger charge is 2.14. The van der Waals surface area contributed by atoms with Gasteiger partial charge in [0.05, 0.1) is 27.8 Å². The van der Waals surface area contributed by atoms with E-state index in [0.717, 1.165) is 45.6 Å². The fourth-order valence-corrected chi connectivity index (χ4v) is 2.89. The minimum atomic E-state index is 0.483. The lowest BCUT2D eigenvalue weighted by Gasteiger charge is -2.08. The molecule has 0 aliphatic rings. The molecule has 0 bridgehead atoms. The third kappa shape index (κ3) is 3.41. The van der Waals surface area contributed by atoms with Crippen LogP contribution in [-0.4, -0.2) is 14.8 Å². The van der Waals surface area contributed by atoms with E-state index in [9.17, 15) is 0 Å². The van der Waals surface area contributed by atoms with Crippen LogP contribution >= 0.6 is 31.9 Å². The Morgan fingerprint density at radius 1 is 1.30 bits per heavy atom. The van der Waals surface area contributed by atoms with Gasteiger partial charge in [-0.2, -0.15) is 5.10 Å². The summed E-state index contributed by atoms with van der Waals surface area (Å²) < 4.78 is 8.83. The molecule has 2 heterocycles. The number of aromatic nitrogens is 3. The molecule has 0 atom stereocenters. The van der Waals surface area contributed by atoms with Gasteiger partial charge in [0.25, 0.3) is 0 Å². The van der Waals surface area contributed by atoms with Crippen LogP contribution in [0.25, 0.3) is 0 Å². The van der Waals surface area contributed by atoms with Gasteiger partial charge in [0.1, 0.15) is 12.4 Å². The van der Waals surface area contributed by atoms with Gasteiger partial charge in [-0.1, -0.05) is 22.9 Å². The molecule has 0 unspecified atom stereocenters. The van der Waals surface area contributed by atoms with E-state index >= 15 is 0 Å². The Morgan fingerprint density at radius 3 is 2.65 bits per heavy atom. The molecular weight excluding hydrogens is 386 g/mol. The average molecular weight is 403 g/mol. The molecule has 4 nitrogen and oxygen atoms in total. The zero-order valence-electron chi connectivity index (χ0n) is 11.6. The van der Waals surface area contributed by atoms with Crippen molar-refractivity contribution in [3.05, 3.63) is 39.9 Å². The van der Waals surface area contributed by atoms with E-state index in [1.807, 2.05) is 16.8 Å². The summed E-state index contributed by atoms with van der Waals surface area (Å²) in [6.45, 7) is 5.49. The molecule has 0 aliphatic heterocycles. The third-order valence-electron chi connectivity index (χ3n) is 3.00. The zero-order chi connectivity index (χ0) is 14.5. The molecule has 0 saturated heterocycles. The van der Waals surface area contributed by atoms with E-state index in [4.69, 9.17) is 4.74 Å². The van der Waals surface area contributed by atoms with E-state index in [2.05, 4.69) is 55.8 Å². The number of aryl methyl sites for hydroxylation is 2. The Hall–Kier alpha value is -0.880. The highest BCUT2D eigenvalue weighted by Crippen LogP contribution is 2.24. The van der Waals surface area contributed by atoms with E-state index in [1.165, 1.54) is 0 Å². The Bertz CT molecular complexity index is 567. The van der Waals surface area contributed by atoms with Crippen molar-refractivity contribution in [1.82, 2.24) is 14.8 Å². The second-order valence-corrected chi connectivity index (χ2v) is 5.64. The Balaban J connectivity index is 2.11. The summed E-state index contributed by atoms with van der Waals surface area (Å²) in [5, 5.41) is 5.31. The van der Waals surface area contributed by atoms with Crippen LogP contribution in [0.3, 0.4) is 0 Å². The highest BCUT2D eigenvalue weighted by atomic mass is 79.9. The predicted molar refractivity (Wildman–Crippen MR) is 86.2 cm³/mol. The lowest BCUT2D eigenvalue weighted by molar-refractivity contribution is 0.290. The number of hydrogen-bond donors (Lipinski definition) is 0. The van der Waals surface area contributed by atoms with Gasteiger partial charge in [0.15, 0.2) is 0 Å². The van der Waals surface area contributed by atoms with Crippen molar-refractivity contribution in [3.63, 3.8) is 0 Å². The topological polar surface area (TPSA) is 39.9 Å². The first kappa shape index (κ1) is 15.5. The molecule has 0 aromatic carbocycles. The van der Waals surface area contributed by atoms with Crippen LogP contribution in [0.15, 0.2) is 22.8 Å². The predicted octanol–water partition coefficient (Wildman–Crippen LogP) is 4.10. The molecule has 0 aliphatic carbocycles. The maximum absolute atomic E-state index is 5.80. The van der Waals surface area contributed by atoms with E-state index in [-0.39, 0.29) is 0 Å². The van der Waals surface area contributed by atoms with Crippen molar-refractivity contribution >= 4 is 31.9 Å². The van der Waals surface area contributed by atoms with Crippen molar-refractivity contribution in [3.8, 4) is 5.75 Å². The maximum Gasteiger partial charge on any atom is 0.138 e. The third-order valence-corrected chi connectivity index (χ3v) is 4.49. The molecule has 0 spiro atoms. The van der Waals surface area contributed by atoms with Crippen molar-refractivity contribution in [2.24, 2.45) is 0 Å². The van der Waals surface area contributed by atoms with Crippen LogP contribution in [0.1, 0.15) is 30.9 Å². The number of halogens is 2. The van der Waals surface area contributed by atoms with Crippen LogP contribution < -0.4 is 4.74 Å². The summed E-state index contributed by atoms with van der Waals surface area (Å²) >= 11 is 6.99. The second-order valence-electron chi connectivity index (χ2n) is 4.28. The zero-order valence-corrected chi connectivity index (χ0v) is 14.7. The first-order valence-electron chi connectivity index (χ1n) is 6.57. The number of rotatable bonds is 6. The Morgan fingerprint density at radius 2 is 2.10 bits per heavy atom. The number of pyridine rings is 1. The van der Waals surface area contributed by atoms with Gasteiger partial charge in [-0.25, -0.2) is 0 Å². The number of hydrogen-bond acceptors (Lipinski definition) is 3. The summed E-state index contributed by atoms with van der Waals surface area (Å²) in [4.78, 5) is 4.29. The molecule has 0 N–H and O–H groups in total. The Labute approximate surface area is 135 Å². The van der Waals surface area contributed by atoms with Gasteiger partial charge < -0.3 is 4.74 Å². The molecular formula is C14H17Br2N3O. The largest absolute Gasteiger partial charge is 0.486 e. The molecule has 0 fully saturated rings. The van der Waals surface area contributed by atoms with Crippen molar-refractivity contribution in [1.29, 1.82) is 0 Å². The minimum absolute atomic E-state index is 0.483. The molecule has 0 saturated carbocycles. The minimum Gasteiger partial charge on any atom is -0.486 e. The molecule has 2 aromatic heterocycles. The van der Waals surface area contributed by atoms with Crippen LogP contribution in [0.4, 0.5) is 0 Å². The van der Waals surface area contributed by atoms with Gasteiger partial charge in [0.2, 0.25) is 0 Å². The first-order valence-corrected chi connectivity index (χ1v) is 8.48. The Kier molecular flexibility index (Phi) is 5.60. The molecule has 0 radical (unpaired) electrons. The van der Waals surface area contributed by atoms with Gasteiger partial charge in [-0.3, -0.25) is 9.67 Å². The van der Waals surface area contributed by atoms with Crippen molar-refractivity contribution in [2.75, 3.05) is 0 Å². The van der Waals surface area contributed by atoms with Gasteiger partial charge in [-0.05, 0) is 41.4 Å². The highest BCUT2D eigenvalue weighted by molar-refractivity contribution is 9.10. The van der Waals surface area contributed by atoms with Crippen LogP contribution in [0, 0.1) is 0 Å². The van der Waals surface area contributed by atoms with E-state index in [1.54, 1.807) is 6.20 Å². The fourth-order valence-electron chi connectivity index (χ4n) is 1.88. The number of nitrogens with zero attached hydrogens (tertiary/aromatic N) is 3. The van der Waals surface area contributed by atoms with Crippen LogP contribution in [0.5, 0.6) is 5.75 Å².